The lowest BCUT2D eigenvalue weighted by atomic mass is 10.1. The van der Waals surface area contributed by atoms with Crippen molar-refractivity contribution in [2.24, 2.45) is 0 Å². The quantitative estimate of drug-likeness (QED) is 0.604. The number of hydrogen-bond acceptors (Lipinski definition) is 4. The van der Waals surface area contributed by atoms with Gasteiger partial charge in [0.15, 0.2) is 11.0 Å². The van der Waals surface area contributed by atoms with Gasteiger partial charge in [0.1, 0.15) is 5.75 Å². The molecule has 4 rings (SSSR count). The van der Waals surface area contributed by atoms with Crippen LogP contribution in [0.1, 0.15) is 17.6 Å². The number of fused-ring (bicyclic) bond motifs is 1. The maximum Gasteiger partial charge on any atom is 0.265 e. The van der Waals surface area contributed by atoms with E-state index >= 15 is 0 Å². The summed E-state index contributed by atoms with van der Waals surface area (Å²) in [7, 11) is 2.03. The first-order chi connectivity index (χ1) is 14.4. The second-order valence-electron chi connectivity index (χ2n) is 7.60. The highest BCUT2D eigenvalue weighted by Gasteiger charge is 2.22. The van der Waals surface area contributed by atoms with Gasteiger partial charge in [-0.15, -0.1) is 0 Å². The van der Waals surface area contributed by atoms with E-state index in [0.29, 0.717) is 21.5 Å². The lowest BCUT2D eigenvalue weighted by Crippen LogP contribution is -2.44. The number of nitrogens with zero attached hydrogens (tertiary/aromatic N) is 3. The van der Waals surface area contributed by atoms with Gasteiger partial charge in [0.25, 0.3) is 6.43 Å². The number of rotatable bonds is 5. The molecule has 1 aliphatic heterocycles. The minimum absolute atomic E-state index is 0.102. The van der Waals surface area contributed by atoms with Gasteiger partial charge in [-0.3, -0.25) is 3.97 Å². The molecule has 2 heterocycles. The normalized spacial score (nSPS) is 16.4. The molecule has 1 aromatic heterocycles. The predicted octanol–water partition coefficient (Wildman–Crippen LogP) is 4.22. The Morgan fingerprint density at radius 3 is 2.47 bits per heavy atom. The van der Waals surface area contributed by atoms with E-state index in [9.17, 15) is 13.0 Å². The van der Waals surface area contributed by atoms with Crippen LogP contribution in [0.5, 0.6) is 5.75 Å². The lowest BCUT2D eigenvalue weighted by Gasteiger charge is -2.34. The molecular weight excluding hydrogens is 408 g/mol. The second kappa shape index (κ2) is 8.35. The standard InChI is InChI=1S/C22H25F2N3O2S/c1-15-4-6-19-17(12-15)18(22(23)24)14-27(19)30(28)16-5-7-21(29-3)20(13-16)26-10-8-25(2)9-11-26/h4-7,12-14,22H,8-11H2,1-3H3. The Morgan fingerprint density at radius 1 is 1.07 bits per heavy atom. The fourth-order valence-electron chi connectivity index (χ4n) is 3.84. The van der Waals surface area contributed by atoms with E-state index in [0.717, 1.165) is 37.4 Å². The van der Waals surface area contributed by atoms with Gasteiger partial charge >= 0.3 is 0 Å². The molecule has 0 aliphatic carbocycles. The molecule has 0 amide bonds. The van der Waals surface area contributed by atoms with Crippen molar-refractivity contribution in [3.63, 3.8) is 0 Å². The highest BCUT2D eigenvalue weighted by molar-refractivity contribution is 7.83. The van der Waals surface area contributed by atoms with E-state index in [1.54, 1.807) is 31.4 Å². The molecule has 1 aliphatic rings. The van der Waals surface area contributed by atoms with Gasteiger partial charge in [0.05, 0.1) is 23.2 Å². The Labute approximate surface area is 177 Å². The Balaban J connectivity index is 1.76. The van der Waals surface area contributed by atoms with Crippen molar-refractivity contribution in [2.75, 3.05) is 45.2 Å². The van der Waals surface area contributed by atoms with Crippen LogP contribution >= 0.6 is 0 Å². The summed E-state index contributed by atoms with van der Waals surface area (Å²) >= 11 is 0. The average molecular weight is 434 g/mol. The molecule has 1 unspecified atom stereocenters. The number of ether oxygens (including phenoxy) is 1. The van der Waals surface area contributed by atoms with Crippen LogP contribution in [0.4, 0.5) is 14.5 Å². The topological polar surface area (TPSA) is 37.7 Å². The molecule has 160 valence electrons. The van der Waals surface area contributed by atoms with Crippen LogP contribution in [0.2, 0.25) is 0 Å². The zero-order valence-electron chi connectivity index (χ0n) is 17.3. The van der Waals surface area contributed by atoms with Crippen molar-refractivity contribution < 1.29 is 17.7 Å². The van der Waals surface area contributed by atoms with E-state index in [1.165, 1.54) is 10.2 Å². The lowest BCUT2D eigenvalue weighted by molar-refractivity contribution is 0.153. The third kappa shape index (κ3) is 3.81. The van der Waals surface area contributed by atoms with E-state index in [4.69, 9.17) is 4.74 Å². The van der Waals surface area contributed by atoms with Gasteiger partial charge in [-0.1, -0.05) is 11.6 Å². The van der Waals surface area contributed by atoms with E-state index in [2.05, 4.69) is 16.8 Å². The molecule has 5 nitrogen and oxygen atoms in total. The van der Waals surface area contributed by atoms with Crippen LogP contribution in [0.15, 0.2) is 47.5 Å². The SMILES string of the molecule is COc1ccc(S(=O)n2cc(C(F)F)c3cc(C)ccc32)cc1N1CCN(C)CC1. The molecule has 1 fully saturated rings. The summed E-state index contributed by atoms with van der Waals surface area (Å²) < 4.78 is 47.6. The number of anilines is 1. The van der Waals surface area contributed by atoms with Crippen LogP contribution in [0.25, 0.3) is 10.9 Å². The summed E-state index contributed by atoms with van der Waals surface area (Å²) in [6.07, 6.45) is -1.32. The van der Waals surface area contributed by atoms with Gasteiger partial charge in [-0.05, 0) is 44.3 Å². The smallest absolute Gasteiger partial charge is 0.265 e. The molecule has 0 radical (unpaired) electrons. The monoisotopic (exact) mass is 433 g/mol. The number of aromatic nitrogens is 1. The zero-order valence-corrected chi connectivity index (χ0v) is 18.1. The molecule has 0 spiro atoms. The molecule has 1 atom stereocenters. The number of likely N-dealkylation sites (N-methyl/N-ethyl adjacent to an activating group) is 1. The number of benzene rings is 2. The van der Waals surface area contributed by atoms with Gasteiger partial charge in [0.2, 0.25) is 0 Å². The number of piperazine rings is 1. The first kappa shape index (κ1) is 20.8. The summed E-state index contributed by atoms with van der Waals surface area (Å²) in [6, 6.07) is 10.7. The number of alkyl halides is 2. The fraction of sp³-hybridized carbons (Fsp3) is 0.364. The maximum absolute atomic E-state index is 13.6. The van der Waals surface area contributed by atoms with Crippen LogP contribution < -0.4 is 9.64 Å². The predicted molar refractivity (Wildman–Crippen MR) is 116 cm³/mol. The minimum atomic E-state index is -2.63. The fourth-order valence-corrected chi connectivity index (χ4v) is 5.01. The molecule has 0 N–H and O–H groups in total. The first-order valence-electron chi connectivity index (χ1n) is 9.82. The Kier molecular flexibility index (Phi) is 5.79. The van der Waals surface area contributed by atoms with Gasteiger partial charge < -0.3 is 14.5 Å². The number of hydrogen-bond donors (Lipinski definition) is 0. The molecule has 3 aromatic rings. The number of halogens is 2. The van der Waals surface area contributed by atoms with Gasteiger partial charge in [0, 0.05) is 43.3 Å². The van der Waals surface area contributed by atoms with Crippen molar-refractivity contribution in [1.82, 2.24) is 8.87 Å². The van der Waals surface area contributed by atoms with Crippen molar-refractivity contribution in [3.05, 3.63) is 53.7 Å². The summed E-state index contributed by atoms with van der Waals surface area (Å²) in [5.74, 6) is 0.710. The second-order valence-corrected chi connectivity index (χ2v) is 8.97. The summed E-state index contributed by atoms with van der Waals surface area (Å²) in [4.78, 5) is 5.01. The highest BCUT2D eigenvalue weighted by atomic mass is 32.2. The first-order valence-corrected chi connectivity index (χ1v) is 10.9. The van der Waals surface area contributed by atoms with Crippen molar-refractivity contribution in [1.29, 1.82) is 0 Å². The van der Waals surface area contributed by atoms with Gasteiger partial charge in [-0.2, -0.15) is 0 Å². The third-order valence-corrected chi connectivity index (χ3v) is 6.88. The number of methoxy groups -OCH3 is 1. The molecule has 8 heteroatoms. The van der Waals surface area contributed by atoms with Crippen LogP contribution in [-0.4, -0.2) is 53.4 Å². The highest BCUT2D eigenvalue weighted by Crippen LogP contribution is 2.34. The summed E-state index contributed by atoms with van der Waals surface area (Å²) in [5, 5.41) is 0.436. The minimum Gasteiger partial charge on any atom is -0.495 e. The summed E-state index contributed by atoms with van der Waals surface area (Å²) in [6.45, 7) is 5.38. The van der Waals surface area contributed by atoms with Crippen molar-refractivity contribution in [3.8, 4) is 5.75 Å². The van der Waals surface area contributed by atoms with Crippen LogP contribution in [-0.2, 0) is 11.0 Å². The molecular formula is C22H25F2N3O2S. The maximum atomic E-state index is 13.6. The largest absolute Gasteiger partial charge is 0.495 e. The Hall–Kier alpha value is -2.45. The van der Waals surface area contributed by atoms with E-state index < -0.39 is 17.4 Å². The molecule has 0 bridgehead atoms. The van der Waals surface area contributed by atoms with Crippen LogP contribution in [0.3, 0.4) is 0 Å². The van der Waals surface area contributed by atoms with Gasteiger partial charge in [-0.25, -0.2) is 13.0 Å². The average Bonchev–Trinajstić information content (AvgIpc) is 3.12. The van der Waals surface area contributed by atoms with Crippen molar-refractivity contribution >= 4 is 27.6 Å². The zero-order chi connectivity index (χ0) is 21.4. The summed E-state index contributed by atoms with van der Waals surface area (Å²) in [5.41, 5.74) is 2.19. The van der Waals surface area contributed by atoms with E-state index in [1.807, 2.05) is 19.1 Å². The van der Waals surface area contributed by atoms with Crippen LogP contribution in [0, 0.1) is 6.92 Å². The van der Waals surface area contributed by atoms with E-state index in [-0.39, 0.29) is 5.56 Å². The molecule has 0 saturated carbocycles. The number of aryl methyl sites for hydroxylation is 1. The Morgan fingerprint density at radius 2 is 1.80 bits per heavy atom. The third-order valence-electron chi connectivity index (χ3n) is 5.57. The van der Waals surface area contributed by atoms with Crippen molar-refractivity contribution in [2.45, 2.75) is 18.2 Å². The molecule has 30 heavy (non-hydrogen) atoms. The Bertz CT molecular complexity index is 1090. The molecule has 2 aromatic carbocycles. The molecule has 1 saturated heterocycles.